The highest BCUT2D eigenvalue weighted by atomic mass is 16.3. The van der Waals surface area contributed by atoms with Crippen LogP contribution >= 0.6 is 0 Å². The quantitative estimate of drug-likeness (QED) is 0.152. The summed E-state index contributed by atoms with van der Waals surface area (Å²) in [5, 5.41) is 9.43. The van der Waals surface area contributed by atoms with Gasteiger partial charge in [0.1, 0.15) is 11.2 Å². The minimum atomic E-state index is 0.881. The second kappa shape index (κ2) is 15.4. The summed E-state index contributed by atoms with van der Waals surface area (Å²) < 4.78 is 8.62. The van der Waals surface area contributed by atoms with Crippen LogP contribution in [0.2, 0.25) is 0 Å². The first-order valence-electron chi connectivity index (χ1n) is 22.5. The highest BCUT2D eigenvalue weighted by Crippen LogP contribution is 2.44. The second-order valence-corrected chi connectivity index (χ2v) is 16.9. The van der Waals surface area contributed by atoms with E-state index in [1.165, 1.54) is 43.4 Å². The number of nitrogens with zero attached hydrogens (tertiary/aromatic N) is 3. The van der Waals surface area contributed by atoms with E-state index in [1.54, 1.807) is 0 Å². The van der Waals surface area contributed by atoms with E-state index >= 15 is 0 Å². The average molecular weight is 844 g/mol. The van der Waals surface area contributed by atoms with Gasteiger partial charge in [-0.1, -0.05) is 152 Å². The van der Waals surface area contributed by atoms with E-state index < -0.39 is 0 Å². The van der Waals surface area contributed by atoms with E-state index in [9.17, 15) is 0 Å². The van der Waals surface area contributed by atoms with Crippen LogP contribution in [0.1, 0.15) is 0 Å². The van der Waals surface area contributed by atoms with Crippen LogP contribution in [0.15, 0.2) is 253 Å². The molecule has 0 aliphatic rings. The predicted molar refractivity (Wildman–Crippen MR) is 278 cm³/mol. The number of hydrogen-bond donors (Lipinski definition) is 0. The third kappa shape index (κ3) is 6.22. The molecule has 0 atom stereocenters. The molecule has 0 N–H and O–H groups in total. The molecule has 0 spiro atoms. The molecule has 310 valence electrons. The van der Waals surface area contributed by atoms with Gasteiger partial charge in [0.2, 0.25) is 0 Å². The Morgan fingerprint density at radius 1 is 0.288 bits per heavy atom. The number of rotatable bonds is 8. The van der Waals surface area contributed by atoms with E-state index in [-0.39, 0.29) is 0 Å². The van der Waals surface area contributed by atoms with Gasteiger partial charge >= 0.3 is 0 Å². The molecule has 66 heavy (non-hydrogen) atoms. The molecule has 13 aromatic rings. The monoisotopic (exact) mass is 843 g/mol. The molecule has 4 nitrogen and oxygen atoms in total. The molecular formula is C62H41N3O. The standard InChI is InChI=1S/C62H41N3O/c1-2-18-46(19-3-1)65-59-24-10-8-22-53(59)55-40-49(36-38-60(55)65)63(57-25-12-16-44-14-4-6-20-51(44)57)47-32-28-42(29-33-47)43-30-34-48(35-31-43)64(58-26-13-17-45-15-5-7-21-52(45)58)50-37-39-62-56(41-50)54-23-9-11-27-61(54)66-62/h1-41H. The van der Waals surface area contributed by atoms with Crippen LogP contribution in [-0.4, -0.2) is 4.57 Å². The SMILES string of the molecule is c1ccc(-n2c3ccccc3c3cc(N(c4ccc(-c5ccc(N(c6ccc7oc8ccccc8c7c6)c6cccc7ccccc67)cc5)cc4)c4cccc5ccccc45)ccc32)cc1. The van der Waals surface area contributed by atoms with Crippen molar-refractivity contribution in [1.82, 2.24) is 4.57 Å². The Kier molecular flexibility index (Phi) is 8.81. The number of benzene rings is 11. The first kappa shape index (κ1) is 37.7. The zero-order valence-corrected chi connectivity index (χ0v) is 35.9. The van der Waals surface area contributed by atoms with Gasteiger partial charge in [-0.2, -0.15) is 0 Å². The Labute approximate surface area is 382 Å². The molecule has 0 saturated heterocycles. The fourth-order valence-corrected chi connectivity index (χ4v) is 10.1. The summed E-state index contributed by atoms with van der Waals surface area (Å²) in [5.41, 5.74) is 14.2. The number of aromatic nitrogens is 1. The van der Waals surface area contributed by atoms with E-state index in [4.69, 9.17) is 4.42 Å². The van der Waals surface area contributed by atoms with Crippen molar-refractivity contribution in [2.24, 2.45) is 0 Å². The molecule has 0 unspecified atom stereocenters. The summed E-state index contributed by atoms with van der Waals surface area (Å²) in [6.45, 7) is 0. The largest absolute Gasteiger partial charge is 0.456 e. The summed E-state index contributed by atoms with van der Waals surface area (Å²) in [7, 11) is 0. The minimum absolute atomic E-state index is 0.881. The lowest BCUT2D eigenvalue weighted by atomic mass is 10.0. The predicted octanol–water partition coefficient (Wildman–Crippen LogP) is 17.6. The van der Waals surface area contributed by atoms with Crippen LogP contribution in [0.3, 0.4) is 0 Å². The fraction of sp³-hybridized carbons (Fsp3) is 0. The van der Waals surface area contributed by atoms with Crippen molar-refractivity contribution in [3.8, 4) is 16.8 Å². The maximum atomic E-state index is 6.25. The van der Waals surface area contributed by atoms with Crippen LogP contribution in [0.5, 0.6) is 0 Å². The van der Waals surface area contributed by atoms with Crippen LogP contribution in [0.4, 0.5) is 34.1 Å². The number of fused-ring (bicyclic) bond motifs is 8. The number of hydrogen-bond acceptors (Lipinski definition) is 3. The molecule has 11 aromatic carbocycles. The molecule has 4 heteroatoms. The molecule has 0 saturated carbocycles. The fourth-order valence-electron chi connectivity index (χ4n) is 10.1. The van der Waals surface area contributed by atoms with Gasteiger partial charge in [0.15, 0.2) is 0 Å². The second-order valence-electron chi connectivity index (χ2n) is 16.9. The van der Waals surface area contributed by atoms with Crippen molar-refractivity contribution in [3.63, 3.8) is 0 Å². The van der Waals surface area contributed by atoms with Crippen LogP contribution in [0.25, 0.3) is 82.1 Å². The highest BCUT2D eigenvalue weighted by Gasteiger charge is 2.21. The minimum Gasteiger partial charge on any atom is -0.456 e. The van der Waals surface area contributed by atoms with Gasteiger partial charge in [0.05, 0.1) is 22.4 Å². The molecule has 2 heterocycles. The molecule has 0 fully saturated rings. The van der Waals surface area contributed by atoms with E-state index in [0.717, 1.165) is 72.9 Å². The normalized spacial score (nSPS) is 11.6. The summed E-state index contributed by atoms with van der Waals surface area (Å²) in [6, 6.07) is 89.5. The van der Waals surface area contributed by atoms with E-state index in [1.807, 2.05) is 12.1 Å². The van der Waals surface area contributed by atoms with Gasteiger partial charge in [-0.25, -0.2) is 0 Å². The van der Waals surface area contributed by atoms with E-state index in [0.29, 0.717) is 0 Å². The smallest absolute Gasteiger partial charge is 0.135 e. The zero-order chi connectivity index (χ0) is 43.6. The molecule has 0 bridgehead atoms. The van der Waals surface area contributed by atoms with E-state index in [2.05, 4.69) is 251 Å². The maximum Gasteiger partial charge on any atom is 0.135 e. The van der Waals surface area contributed by atoms with Gasteiger partial charge in [-0.15, -0.1) is 0 Å². The maximum absolute atomic E-state index is 6.25. The highest BCUT2D eigenvalue weighted by molar-refractivity contribution is 6.12. The number of furan rings is 1. The van der Waals surface area contributed by atoms with Crippen molar-refractivity contribution in [2.75, 3.05) is 9.80 Å². The lowest BCUT2D eigenvalue weighted by Crippen LogP contribution is -2.10. The molecule has 2 aromatic heterocycles. The lowest BCUT2D eigenvalue weighted by Gasteiger charge is -2.27. The van der Waals surface area contributed by atoms with Crippen molar-refractivity contribution in [1.29, 1.82) is 0 Å². The zero-order valence-electron chi connectivity index (χ0n) is 35.9. The Bertz CT molecular complexity index is 3930. The third-order valence-electron chi connectivity index (χ3n) is 13.1. The summed E-state index contributed by atoms with van der Waals surface area (Å²) in [4.78, 5) is 4.78. The van der Waals surface area contributed by atoms with Crippen molar-refractivity contribution >= 4 is 99.4 Å². The van der Waals surface area contributed by atoms with Crippen LogP contribution in [0, 0.1) is 0 Å². The first-order chi connectivity index (χ1) is 32.7. The summed E-state index contributed by atoms with van der Waals surface area (Å²) >= 11 is 0. The molecule has 0 aliphatic carbocycles. The first-order valence-corrected chi connectivity index (χ1v) is 22.5. The van der Waals surface area contributed by atoms with Crippen molar-refractivity contribution in [2.45, 2.75) is 0 Å². The molecule has 0 amide bonds. The Morgan fingerprint density at radius 3 is 1.38 bits per heavy atom. The number of anilines is 6. The Hall–Kier alpha value is -8.86. The topological polar surface area (TPSA) is 24.6 Å². The van der Waals surface area contributed by atoms with Crippen LogP contribution < -0.4 is 9.80 Å². The Balaban J connectivity index is 0.908. The van der Waals surface area contributed by atoms with Gasteiger partial charge < -0.3 is 18.8 Å². The Morgan fingerprint density at radius 2 is 0.742 bits per heavy atom. The third-order valence-corrected chi connectivity index (χ3v) is 13.1. The van der Waals surface area contributed by atoms with Gasteiger partial charge in [0, 0.05) is 60.8 Å². The average Bonchev–Trinajstić information content (AvgIpc) is 3.93. The van der Waals surface area contributed by atoms with Crippen molar-refractivity contribution in [3.05, 3.63) is 249 Å². The van der Waals surface area contributed by atoms with Gasteiger partial charge in [-0.3, -0.25) is 0 Å². The summed E-state index contributed by atoms with van der Waals surface area (Å²) in [6.07, 6.45) is 0. The van der Waals surface area contributed by atoms with Gasteiger partial charge in [0.25, 0.3) is 0 Å². The van der Waals surface area contributed by atoms with Crippen LogP contribution in [-0.2, 0) is 0 Å². The summed E-state index contributed by atoms with van der Waals surface area (Å²) in [5.74, 6) is 0. The van der Waals surface area contributed by atoms with Crippen molar-refractivity contribution < 1.29 is 4.42 Å². The molecule has 13 rings (SSSR count). The molecular weight excluding hydrogens is 803 g/mol. The number of para-hydroxylation sites is 3. The molecule has 0 aliphatic heterocycles. The lowest BCUT2D eigenvalue weighted by molar-refractivity contribution is 0.669. The van der Waals surface area contributed by atoms with Gasteiger partial charge in [-0.05, 0) is 119 Å². The molecule has 0 radical (unpaired) electrons.